The van der Waals surface area contributed by atoms with E-state index in [9.17, 15) is 18.0 Å². The van der Waals surface area contributed by atoms with Crippen molar-refractivity contribution >= 4 is 17.2 Å². The molecule has 1 amide bonds. The van der Waals surface area contributed by atoms with Gasteiger partial charge in [-0.2, -0.15) is 13.2 Å². The number of nitrogens with two attached hydrogens (primary N) is 1. The highest BCUT2D eigenvalue weighted by Gasteiger charge is 2.31. The highest BCUT2D eigenvalue weighted by Crippen LogP contribution is 2.33. The Morgan fingerprint density at radius 1 is 1.33 bits per heavy atom. The summed E-state index contributed by atoms with van der Waals surface area (Å²) < 4.78 is 38.2. The molecule has 2 N–H and O–H groups in total. The summed E-state index contributed by atoms with van der Waals surface area (Å²) in [6, 6.07) is 4.88. The molecule has 27 heavy (non-hydrogen) atoms. The fourth-order valence-corrected chi connectivity index (χ4v) is 4.33. The molecule has 0 saturated carbocycles. The molecule has 1 aromatic carbocycles. The summed E-state index contributed by atoms with van der Waals surface area (Å²) in [5, 5.41) is 0.547. The monoisotopic (exact) mass is 397 g/mol. The van der Waals surface area contributed by atoms with Crippen LogP contribution in [0, 0.1) is 12.8 Å². The predicted octanol–water partition coefficient (Wildman–Crippen LogP) is 4.34. The topological polar surface area (TPSA) is 59.2 Å². The molecule has 0 aliphatic carbocycles. The Kier molecular flexibility index (Phi) is 5.58. The quantitative estimate of drug-likeness (QED) is 0.838. The molecule has 2 aromatic rings. The van der Waals surface area contributed by atoms with E-state index in [4.69, 9.17) is 5.73 Å². The van der Waals surface area contributed by atoms with Crippen LogP contribution in [0.5, 0.6) is 0 Å². The van der Waals surface area contributed by atoms with Crippen molar-refractivity contribution in [2.24, 2.45) is 11.7 Å². The van der Waals surface area contributed by atoms with Gasteiger partial charge >= 0.3 is 6.18 Å². The number of aryl methyl sites for hydroxylation is 1. The average molecular weight is 397 g/mol. The highest BCUT2D eigenvalue weighted by molar-refractivity contribution is 7.17. The first-order valence-corrected chi connectivity index (χ1v) is 9.68. The van der Waals surface area contributed by atoms with Crippen LogP contribution in [-0.2, 0) is 6.18 Å². The second-order valence-electron chi connectivity index (χ2n) is 7.02. The number of alkyl halides is 3. The Bertz CT molecular complexity index is 815. The maximum absolute atomic E-state index is 12.9. The third kappa shape index (κ3) is 4.32. The number of hydrogen-bond acceptors (Lipinski definition) is 4. The van der Waals surface area contributed by atoms with Crippen LogP contribution < -0.4 is 5.73 Å². The molecular formula is C19H22F3N3OS. The van der Waals surface area contributed by atoms with Gasteiger partial charge in [0.2, 0.25) is 0 Å². The second kappa shape index (κ2) is 7.59. The van der Waals surface area contributed by atoms with Crippen molar-refractivity contribution < 1.29 is 18.0 Å². The summed E-state index contributed by atoms with van der Waals surface area (Å²) in [6.07, 6.45) is -2.44. The number of aromatic nitrogens is 1. The Balaban J connectivity index is 1.81. The highest BCUT2D eigenvalue weighted by atomic mass is 32.1. The van der Waals surface area contributed by atoms with Crippen molar-refractivity contribution in [3.63, 3.8) is 0 Å². The number of nitrogens with zero attached hydrogens (tertiary/aromatic N) is 2. The van der Waals surface area contributed by atoms with E-state index in [1.807, 2.05) is 11.8 Å². The first-order valence-electron chi connectivity index (χ1n) is 8.86. The lowest BCUT2D eigenvalue weighted by atomic mass is 9.92. The van der Waals surface area contributed by atoms with Gasteiger partial charge in [-0.1, -0.05) is 12.1 Å². The minimum atomic E-state index is -4.37. The van der Waals surface area contributed by atoms with Gasteiger partial charge in [-0.05, 0) is 44.7 Å². The molecule has 4 nitrogen and oxygen atoms in total. The molecule has 2 atom stereocenters. The van der Waals surface area contributed by atoms with Gasteiger partial charge in [-0.25, -0.2) is 4.98 Å². The van der Waals surface area contributed by atoms with E-state index in [1.54, 1.807) is 6.92 Å². The van der Waals surface area contributed by atoms with Crippen LogP contribution in [0.3, 0.4) is 0 Å². The molecule has 1 aliphatic heterocycles. The number of carbonyl (C=O) groups is 1. The summed E-state index contributed by atoms with van der Waals surface area (Å²) in [7, 11) is 0. The molecule has 1 aliphatic rings. The second-order valence-corrected chi connectivity index (χ2v) is 8.02. The largest absolute Gasteiger partial charge is 0.416 e. The van der Waals surface area contributed by atoms with E-state index in [-0.39, 0.29) is 17.9 Å². The summed E-state index contributed by atoms with van der Waals surface area (Å²) in [5.41, 5.74) is 6.46. The van der Waals surface area contributed by atoms with E-state index < -0.39 is 11.7 Å². The number of likely N-dealkylation sites (tertiary alicyclic amines) is 1. The number of piperidine rings is 1. The summed E-state index contributed by atoms with van der Waals surface area (Å²) in [4.78, 5) is 19.7. The lowest BCUT2D eigenvalue weighted by Crippen LogP contribution is -2.45. The summed E-state index contributed by atoms with van der Waals surface area (Å²) in [6.45, 7) is 5.03. The van der Waals surface area contributed by atoms with E-state index >= 15 is 0 Å². The van der Waals surface area contributed by atoms with Crippen molar-refractivity contribution in [1.29, 1.82) is 0 Å². The number of amides is 1. The third-order valence-electron chi connectivity index (χ3n) is 4.94. The lowest BCUT2D eigenvalue weighted by molar-refractivity contribution is -0.137. The van der Waals surface area contributed by atoms with E-state index in [1.165, 1.54) is 23.5 Å². The Morgan fingerprint density at radius 3 is 2.59 bits per heavy atom. The van der Waals surface area contributed by atoms with E-state index in [0.717, 1.165) is 25.0 Å². The number of carbonyl (C=O) groups excluding carboxylic acids is 1. The molecule has 1 fully saturated rings. The molecule has 0 unspecified atom stereocenters. The fraction of sp³-hybridized carbons (Fsp3) is 0.474. The maximum atomic E-state index is 12.9. The zero-order valence-corrected chi connectivity index (χ0v) is 16.0. The Hall–Kier alpha value is -1.93. The van der Waals surface area contributed by atoms with Crippen LogP contribution in [0.25, 0.3) is 10.6 Å². The molecule has 0 bridgehead atoms. The molecule has 8 heteroatoms. The van der Waals surface area contributed by atoms with Crippen LogP contribution in [0.15, 0.2) is 24.3 Å². The van der Waals surface area contributed by atoms with Gasteiger partial charge in [0.15, 0.2) is 0 Å². The van der Waals surface area contributed by atoms with Gasteiger partial charge in [-0.3, -0.25) is 4.79 Å². The molecule has 1 saturated heterocycles. The Morgan fingerprint density at radius 2 is 2.00 bits per heavy atom. The van der Waals surface area contributed by atoms with Gasteiger partial charge in [0.25, 0.3) is 5.91 Å². The molecular weight excluding hydrogens is 375 g/mol. The van der Waals surface area contributed by atoms with Crippen LogP contribution in [0.4, 0.5) is 13.2 Å². The number of benzene rings is 1. The van der Waals surface area contributed by atoms with Gasteiger partial charge in [-0.15, -0.1) is 11.3 Å². The lowest BCUT2D eigenvalue weighted by Gasteiger charge is -2.34. The molecule has 146 valence electrons. The maximum Gasteiger partial charge on any atom is 0.416 e. The zero-order chi connectivity index (χ0) is 19.8. The molecule has 2 heterocycles. The minimum Gasteiger partial charge on any atom is -0.338 e. The standard InChI is InChI=1S/C19H22F3N3OS/c1-11(23)14-4-3-9-25(10-14)18(26)16-12(2)24-17(27-16)13-5-7-15(8-6-13)19(20,21)22/h5-8,11,14H,3-4,9-10,23H2,1-2H3/t11-,14+/m1/s1. The van der Waals surface area contributed by atoms with E-state index in [0.29, 0.717) is 34.2 Å². The van der Waals surface area contributed by atoms with Crippen LogP contribution in [0.2, 0.25) is 0 Å². The van der Waals surface area contributed by atoms with Gasteiger partial charge < -0.3 is 10.6 Å². The van der Waals surface area contributed by atoms with E-state index in [2.05, 4.69) is 4.98 Å². The summed E-state index contributed by atoms with van der Waals surface area (Å²) >= 11 is 1.22. The number of hydrogen-bond donors (Lipinski definition) is 1. The zero-order valence-electron chi connectivity index (χ0n) is 15.2. The third-order valence-corrected chi connectivity index (χ3v) is 6.13. The summed E-state index contributed by atoms with van der Waals surface area (Å²) in [5.74, 6) is 0.207. The molecule has 1 aromatic heterocycles. The van der Waals surface area contributed by atoms with Gasteiger partial charge in [0.1, 0.15) is 9.88 Å². The SMILES string of the molecule is Cc1nc(-c2ccc(C(F)(F)F)cc2)sc1C(=O)N1CCC[C@H]([C@@H](C)N)C1. The van der Waals surface area contributed by atoms with Crippen molar-refractivity contribution in [1.82, 2.24) is 9.88 Å². The number of thiazole rings is 1. The molecule has 0 radical (unpaired) electrons. The number of rotatable bonds is 3. The molecule has 0 spiro atoms. The van der Waals surface area contributed by atoms with Crippen molar-refractivity contribution in [3.8, 4) is 10.6 Å². The minimum absolute atomic E-state index is 0.0332. The van der Waals surface area contributed by atoms with Gasteiger partial charge in [0, 0.05) is 24.7 Å². The number of halogens is 3. The van der Waals surface area contributed by atoms with Crippen molar-refractivity contribution in [3.05, 3.63) is 40.4 Å². The average Bonchev–Trinajstić information content (AvgIpc) is 3.02. The van der Waals surface area contributed by atoms with Crippen molar-refractivity contribution in [2.45, 2.75) is 38.9 Å². The van der Waals surface area contributed by atoms with Crippen LogP contribution in [0.1, 0.15) is 40.7 Å². The Labute approximate surface area is 160 Å². The fourth-order valence-electron chi connectivity index (χ4n) is 3.29. The molecule has 3 rings (SSSR count). The van der Waals surface area contributed by atoms with Crippen LogP contribution in [-0.4, -0.2) is 34.9 Å². The van der Waals surface area contributed by atoms with Gasteiger partial charge in [0.05, 0.1) is 11.3 Å². The van der Waals surface area contributed by atoms with Crippen LogP contribution >= 0.6 is 11.3 Å². The smallest absolute Gasteiger partial charge is 0.338 e. The first-order chi connectivity index (χ1) is 12.7. The van der Waals surface area contributed by atoms with Crippen molar-refractivity contribution in [2.75, 3.05) is 13.1 Å². The first kappa shape index (κ1) is 19.8. The predicted molar refractivity (Wildman–Crippen MR) is 99.6 cm³/mol. The normalized spacial score (nSPS) is 19.2.